The predicted molar refractivity (Wildman–Crippen MR) is 57.4 cm³/mol. The number of aliphatic hydroxyl groups is 2. The van der Waals surface area contributed by atoms with Crippen molar-refractivity contribution in [2.45, 2.75) is 26.1 Å². The van der Waals surface area contributed by atoms with Gasteiger partial charge in [-0.1, -0.05) is 6.07 Å². The monoisotopic (exact) mass is 206 g/mol. The second-order valence-corrected chi connectivity index (χ2v) is 4.20. The molecule has 0 saturated heterocycles. The molecule has 1 heterocycles. The average molecular weight is 206 g/mol. The molecule has 0 radical (unpaired) electrons. The minimum Gasteiger partial charge on any atom is -0.458 e. The molecule has 0 aliphatic rings. The van der Waals surface area contributed by atoms with Crippen molar-refractivity contribution in [2.75, 3.05) is 0 Å². The van der Waals surface area contributed by atoms with Gasteiger partial charge in [0.1, 0.15) is 16.9 Å². The lowest BCUT2D eigenvalue weighted by atomic mass is 10.1. The van der Waals surface area contributed by atoms with Gasteiger partial charge in [0.2, 0.25) is 0 Å². The molecule has 0 bridgehead atoms. The van der Waals surface area contributed by atoms with E-state index in [2.05, 4.69) is 0 Å². The Labute approximate surface area is 88.0 Å². The highest BCUT2D eigenvalue weighted by Crippen LogP contribution is 2.28. The molecule has 1 aromatic heterocycles. The molecule has 0 aliphatic heterocycles. The van der Waals surface area contributed by atoms with Gasteiger partial charge in [0.15, 0.2) is 0 Å². The van der Waals surface area contributed by atoms with Crippen molar-refractivity contribution in [3.63, 3.8) is 0 Å². The Hall–Kier alpha value is -1.32. The largest absolute Gasteiger partial charge is 0.458 e. The van der Waals surface area contributed by atoms with E-state index in [0.717, 1.165) is 16.5 Å². The Bertz CT molecular complexity index is 477. The lowest BCUT2D eigenvalue weighted by Crippen LogP contribution is -2.13. The number of rotatable bonds is 2. The van der Waals surface area contributed by atoms with Crippen LogP contribution in [0.25, 0.3) is 11.0 Å². The van der Waals surface area contributed by atoms with E-state index in [9.17, 15) is 5.11 Å². The lowest BCUT2D eigenvalue weighted by Gasteiger charge is -2.12. The van der Waals surface area contributed by atoms with Gasteiger partial charge in [-0.2, -0.15) is 0 Å². The third kappa shape index (κ3) is 1.89. The Morgan fingerprint density at radius 3 is 2.60 bits per heavy atom. The Morgan fingerprint density at radius 1 is 1.27 bits per heavy atom. The van der Waals surface area contributed by atoms with E-state index < -0.39 is 5.60 Å². The van der Waals surface area contributed by atoms with E-state index in [1.165, 1.54) is 0 Å². The van der Waals surface area contributed by atoms with Crippen molar-refractivity contribution in [1.29, 1.82) is 0 Å². The van der Waals surface area contributed by atoms with Crippen molar-refractivity contribution < 1.29 is 14.6 Å². The number of aliphatic hydroxyl groups excluding tert-OH is 1. The fraction of sp³-hybridized carbons (Fsp3) is 0.333. The minimum absolute atomic E-state index is 0.0129. The van der Waals surface area contributed by atoms with Crippen LogP contribution in [0.5, 0.6) is 0 Å². The van der Waals surface area contributed by atoms with Crippen LogP contribution < -0.4 is 0 Å². The van der Waals surface area contributed by atoms with Crippen LogP contribution in [0, 0.1) is 0 Å². The maximum Gasteiger partial charge on any atom is 0.136 e. The molecule has 0 saturated carbocycles. The summed E-state index contributed by atoms with van der Waals surface area (Å²) in [6.07, 6.45) is 0. The first kappa shape index (κ1) is 10.2. The molecule has 0 unspecified atom stereocenters. The third-order valence-electron chi connectivity index (χ3n) is 2.37. The normalized spacial score (nSPS) is 12.3. The molecule has 1 aromatic carbocycles. The highest BCUT2D eigenvalue weighted by Gasteiger charge is 2.20. The molecular formula is C12H14O3. The summed E-state index contributed by atoms with van der Waals surface area (Å²) in [6, 6.07) is 7.26. The zero-order valence-electron chi connectivity index (χ0n) is 8.82. The van der Waals surface area contributed by atoms with Gasteiger partial charge in [0.05, 0.1) is 6.61 Å². The number of hydrogen-bond acceptors (Lipinski definition) is 3. The van der Waals surface area contributed by atoms with Crippen molar-refractivity contribution in [2.24, 2.45) is 0 Å². The van der Waals surface area contributed by atoms with E-state index in [4.69, 9.17) is 9.52 Å². The molecule has 2 rings (SSSR count). The van der Waals surface area contributed by atoms with Crippen LogP contribution in [0.1, 0.15) is 25.2 Å². The van der Waals surface area contributed by atoms with Crippen LogP contribution >= 0.6 is 0 Å². The second-order valence-electron chi connectivity index (χ2n) is 4.20. The summed E-state index contributed by atoms with van der Waals surface area (Å²) in [5, 5.41) is 19.7. The van der Waals surface area contributed by atoms with E-state index >= 15 is 0 Å². The molecule has 3 heteroatoms. The Morgan fingerprint density at radius 2 is 2.00 bits per heavy atom. The molecule has 2 N–H and O–H groups in total. The maximum absolute atomic E-state index is 9.77. The van der Waals surface area contributed by atoms with Crippen molar-refractivity contribution in [3.05, 3.63) is 35.6 Å². The standard InChI is InChI=1S/C12H14O3/c1-12(2,14)11-6-9-5-8(7-13)3-4-10(9)15-11/h3-6,13-14H,7H2,1-2H3. The van der Waals surface area contributed by atoms with Gasteiger partial charge < -0.3 is 14.6 Å². The molecule has 0 aliphatic carbocycles. The summed E-state index contributed by atoms with van der Waals surface area (Å²) in [6.45, 7) is 3.37. The van der Waals surface area contributed by atoms with Crippen LogP contribution in [-0.2, 0) is 12.2 Å². The maximum atomic E-state index is 9.77. The van der Waals surface area contributed by atoms with Crippen molar-refractivity contribution >= 4 is 11.0 Å². The highest BCUT2D eigenvalue weighted by atomic mass is 16.4. The van der Waals surface area contributed by atoms with Gasteiger partial charge in [-0.15, -0.1) is 0 Å². The van der Waals surface area contributed by atoms with Gasteiger partial charge in [0, 0.05) is 5.39 Å². The predicted octanol–water partition coefficient (Wildman–Crippen LogP) is 2.15. The van der Waals surface area contributed by atoms with E-state index in [1.807, 2.05) is 6.07 Å². The van der Waals surface area contributed by atoms with Gasteiger partial charge in [-0.3, -0.25) is 0 Å². The first-order valence-corrected chi connectivity index (χ1v) is 4.87. The number of hydrogen-bond donors (Lipinski definition) is 2. The summed E-state index contributed by atoms with van der Waals surface area (Å²) in [5.74, 6) is 0.535. The Kier molecular flexibility index (Phi) is 2.29. The average Bonchev–Trinajstić information content (AvgIpc) is 2.59. The van der Waals surface area contributed by atoms with Crippen LogP contribution in [0.4, 0.5) is 0 Å². The summed E-state index contributed by atoms with van der Waals surface area (Å²) in [5.41, 5.74) is 0.591. The van der Waals surface area contributed by atoms with E-state index in [0.29, 0.717) is 5.76 Å². The van der Waals surface area contributed by atoms with Crippen LogP contribution in [0.15, 0.2) is 28.7 Å². The van der Waals surface area contributed by atoms with Gasteiger partial charge in [0.25, 0.3) is 0 Å². The first-order chi connectivity index (χ1) is 7.00. The van der Waals surface area contributed by atoms with Gasteiger partial charge in [-0.05, 0) is 37.6 Å². The zero-order valence-corrected chi connectivity index (χ0v) is 8.82. The molecule has 2 aromatic rings. The second kappa shape index (κ2) is 3.36. The molecule has 80 valence electrons. The number of benzene rings is 1. The highest BCUT2D eigenvalue weighted by molar-refractivity contribution is 5.78. The summed E-state index contributed by atoms with van der Waals surface area (Å²) in [7, 11) is 0. The molecule has 0 fully saturated rings. The summed E-state index contributed by atoms with van der Waals surface area (Å²) >= 11 is 0. The molecule has 0 spiro atoms. The summed E-state index contributed by atoms with van der Waals surface area (Å²) in [4.78, 5) is 0. The number of furan rings is 1. The van der Waals surface area contributed by atoms with Crippen molar-refractivity contribution in [3.8, 4) is 0 Å². The Balaban J connectivity index is 2.56. The zero-order chi connectivity index (χ0) is 11.1. The smallest absolute Gasteiger partial charge is 0.136 e. The summed E-state index contributed by atoms with van der Waals surface area (Å²) < 4.78 is 5.50. The van der Waals surface area contributed by atoms with Crippen LogP contribution in [0.3, 0.4) is 0 Å². The van der Waals surface area contributed by atoms with Crippen LogP contribution in [0.2, 0.25) is 0 Å². The quantitative estimate of drug-likeness (QED) is 0.791. The molecular weight excluding hydrogens is 192 g/mol. The first-order valence-electron chi connectivity index (χ1n) is 4.87. The fourth-order valence-electron chi connectivity index (χ4n) is 1.49. The molecule has 0 atom stereocenters. The minimum atomic E-state index is -0.974. The SMILES string of the molecule is CC(C)(O)c1cc2cc(CO)ccc2o1. The van der Waals surface area contributed by atoms with E-state index in [1.54, 1.807) is 32.0 Å². The van der Waals surface area contributed by atoms with Crippen molar-refractivity contribution in [1.82, 2.24) is 0 Å². The number of fused-ring (bicyclic) bond motifs is 1. The van der Waals surface area contributed by atoms with Gasteiger partial charge in [-0.25, -0.2) is 0 Å². The topological polar surface area (TPSA) is 53.6 Å². The fourth-order valence-corrected chi connectivity index (χ4v) is 1.49. The van der Waals surface area contributed by atoms with E-state index in [-0.39, 0.29) is 6.61 Å². The molecule has 3 nitrogen and oxygen atoms in total. The van der Waals surface area contributed by atoms with Crippen LogP contribution in [-0.4, -0.2) is 10.2 Å². The third-order valence-corrected chi connectivity index (χ3v) is 2.37. The van der Waals surface area contributed by atoms with Gasteiger partial charge >= 0.3 is 0 Å². The molecule has 15 heavy (non-hydrogen) atoms. The lowest BCUT2D eigenvalue weighted by molar-refractivity contribution is 0.0559. The molecule has 0 amide bonds.